The lowest BCUT2D eigenvalue weighted by Gasteiger charge is -2.17. The van der Waals surface area contributed by atoms with E-state index in [-0.39, 0.29) is 5.97 Å². The van der Waals surface area contributed by atoms with Crippen molar-refractivity contribution in [3.05, 3.63) is 60.0 Å². The van der Waals surface area contributed by atoms with Crippen LogP contribution >= 0.6 is 11.8 Å². The summed E-state index contributed by atoms with van der Waals surface area (Å²) < 4.78 is 11.8. The highest BCUT2D eigenvalue weighted by atomic mass is 32.2. The first-order valence-electron chi connectivity index (χ1n) is 12.9. The summed E-state index contributed by atoms with van der Waals surface area (Å²) in [5.74, 6) is 0.378. The van der Waals surface area contributed by atoms with Gasteiger partial charge < -0.3 is 9.15 Å². The van der Waals surface area contributed by atoms with Crippen LogP contribution in [0.15, 0.2) is 58.3 Å². The van der Waals surface area contributed by atoms with Gasteiger partial charge >= 0.3 is 5.97 Å². The fraction of sp³-hybridized carbons (Fsp3) is 0.517. The molecule has 0 aliphatic heterocycles. The summed E-state index contributed by atoms with van der Waals surface area (Å²) in [6, 6.07) is 14.3. The topological polar surface area (TPSA) is 52.3 Å². The maximum atomic E-state index is 12.7. The number of esters is 1. The minimum absolute atomic E-state index is 0.184. The van der Waals surface area contributed by atoms with E-state index in [4.69, 9.17) is 9.15 Å². The van der Waals surface area contributed by atoms with Crippen molar-refractivity contribution < 1.29 is 13.9 Å². The molecule has 5 heteroatoms. The van der Waals surface area contributed by atoms with Crippen LogP contribution in [0.1, 0.15) is 101 Å². The standard InChI is InChI=1S/C29H39NO3S/c1-3-4-5-6-7-8-9-10-11-12-13-18-27(31)33-28(26-22-30-29(32-26)34-2)25-20-19-23-16-14-15-17-24(23)21-25/h14-17,19-22,28H,3-13,18H2,1-2H3. The molecular weight excluding hydrogens is 442 g/mol. The highest BCUT2D eigenvalue weighted by Crippen LogP contribution is 2.31. The third kappa shape index (κ3) is 8.50. The molecule has 34 heavy (non-hydrogen) atoms. The molecule has 0 radical (unpaired) electrons. The molecule has 0 aliphatic carbocycles. The first-order valence-corrected chi connectivity index (χ1v) is 14.1. The molecule has 0 saturated heterocycles. The maximum absolute atomic E-state index is 12.7. The first kappa shape index (κ1) is 26.3. The van der Waals surface area contributed by atoms with Gasteiger partial charge in [-0.05, 0) is 29.5 Å². The number of thioether (sulfide) groups is 1. The van der Waals surface area contributed by atoms with E-state index in [0.717, 1.165) is 29.2 Å². The van der Waals surface area contributed by atoms with Crippen molar-refractivity contribution in [2.75, 3.05) is 6.26 Å². The molecule has 0 saturated carbocycles. The molecule has 0 bridgehead atoms. The third-order valence-corrected chi connectivity index (χ3v) is 6.78. The average molecular weight is 482 g/mol. The zero-order valence-corrected chi connectivity index (χ0v) is 21.6. The number of carbonyl (C=O) groups excluding carboxylic acids is 1. The molecule has 1 heterocycles. The van der Waals surface area contributed by atoms with Crippen LogP contribution in [0.3, 0.4) is 0 Å². The number of benzene rings is 2. The SMILES string of the molecule is CCCCCCCCCCCCCC(=O)OC(c1ccc2ccccc2c1)c1cnc(SC)o1. The Hall–Kier alpha value is -2.27. The molecule has 1 unspecified atom stereocenters. The number of oxazole rings is 1. The van der Waals surface area contributed by atoms with Gasteiger partial charge in [0.1, 0.15) is 0 Å². The van der Waals surface area contributed by atoms with E-state index in [1.165, 1.54) is 69.5 Å². The van der Waals surface area contributed by atoms with Crippen LogP contribution in [0.25, 0.3) is 10.8 Å². The number of rotatable bonds is 16. The number of aromatic nitrogens is 1. The minimum Gasteiger partial charge on any atom is -0.449 e. The lowest BCUT2D eigenvalue weighted by molar-refractivity contribution is -0.148. The van der Waals surface area contributed by atoms with Gasteiger partial charge in [-0.15, -0.1) is 0 Å². The van der Waals surface area contributed by atoms with Crippen molar-refractivity contribution in [3.8, 4) is 0 Å². The Morgan fingerprint density at radius 2 is 1.56 bits per heavy atom. The molecular formula is C29H39NO3S. The summed E-state index contributed by atoms with van der Waals surface area (Å²) in [5.41, 5.74) is 0.898. The fourth-order valence-corrected chi connectivity index (χ4v) is 4.61. The second-order valence-corrected chi connectivity index (χ2v) is 9.75. The molecule has 3 rings (SSSR count). The zero-order valence-electron chi connectivity index (χ0n) is 20.8. The molecule has 4 nitrogen and oxygen atoms in total. The van der Waals surface area contributed by atoms with E-state index < -0.39 is 6.10 Å². The van der Waals surface area contributed by atoms with Crippen LogP contribution in [-0.2, 0) is 9.53 Å². The van der Waals surface area contributed by atoms with Crippen LogP contribution < -0.4 is 0 Å². The molecule has 0 N–H and O–H groups in total. The summed E-state index contributed by atoms with van der Waals surface area (Å²) >= 11 is 1.43. The van der Waals surface area contributed by atoms with Gasteiger partial charge in [0.15, 0.2) is 11.9 Å². The second kappa shape index (κ2) is 14.9. The Balaban J connectivity index is 1.47. The van der Waals surface area contributed by atoms with Crippen molar-refractivity contribution in [1.29, 1.82) is 0 Å². The summed E-state index contributed by atoms with van der Waals surface area (Å²) in [6.45, 7) is 2.26. The van der Waals surface area contributed by atoms with Gasteiger partial charge in [0.05, 0.1) is 6.20 Å². The minimum atomic E-state index is -0.585. The van der Waals surface area contributed by atoms with E-state index in [1.54, 1.807) is 6.20 Å². The number of hydrogen-bond donors (Lipinski definition) is 0. The largest absolute Gasteiger partial charge is 0.449 e. The van der Waals surface area contributed by atoms with Crippen LogP contribution in [0.5, 0.6) is 0 Å². The zero-order chi connectivity index (χ0) is 24.0. The summed E-state index contributed by atoms with van der Waals surface area (Å²) in [4.78, 5) is 17.0. The summed E-state index contributed by atoms with van der Waals surface area (Å²) in [7, 11) is 0. The number of hydrogen-bond acceptors (Lipinski definition) is 5. The van der Waals surface area contributed by atoms with Crippen molar-refractivity contribution >= 4 is 28.5 Å². The van der Waals surface area contributed by atoms with Crippen LogP contribution in [0, 0.1) is 0 Å². The number of carbonyl (C=O) groups is 1. The molecule has 0 aliphatic rings. The summed E-state index contributed by atoms with van der Waals surface area (Å²) in [6.07, 6.45) is 17.3. The summed E-state index contributed by atoms with van der Waals surface area (Å²) in [5, 5.41) is 2.83. The number of fused-ring (bicyclic) bond motifs is 1. The van der Waals surface area contributed by atoms with Gasteiger partial charge in [-0.2, -0.15) is 0 Å². The smallest absolute Gasteiger partial charge is 0.306 e. The van der Waals surface area contributed by atoms with Crippen LogP contribution in [-0.4, -0.2) is 17.2 Å². The lowest BCUT2D eigenvalue weighted by Crippen LogP contribution is -2.12. The molecule has 0 amide bonds. The molecule has 1 atom stereocenters. The van der Waals surface area contributed by atoms with Crippen LogP contribution in [0.4, 0.5) is 0 Å². The van der Waals surface area contributed by atoms with Gasteiger partial charge in [-0.3, -0.25) is 4.79 Å². The lowest BCUT2D eigenvalue weighted by atomic mass is 10.0. The van der Waals surface area contributed by atoms with Crippen molar-refractivity contribution in [3.63, 3.8) is 0 Å². The molecule has 0 spiro atoms. The molecule has 0 fully saturated rings. The maximum Gasteiger partial charge on any atom is 0.306 e. The van der Waals surface area contributed by atoms with E-state index in [9.17, 15) is 4.79 Å². The van der Waals surface area contributed by atoms with Gasteiger partial charge in [0, 0.05) is 12.0 Å². The van der Waals surface area contributed by atoms with E-state index in [1.807, 2.05) is 24.5 Å². The van der Waals surface area contributed by atoms with E-state index >= 15 is 0 Å². The number of ether oxygens (including phenoxy) is 1. The van der Waals surface area contributed by atoms with Gasteiger partial charge in [-0.25, -0.2) is 4.98 Å². The highest BCUT2D eigenvalue weighted by molar-refractivity contribution is 7.98. The monoisotopic (exact) mass is 481 g/mol. The normalized spacial score (nSPS) is 12.2. The first-order chi connectivity index (χ1) is 16.7. The van der Waals surface area contributed by atoms with E-state index in [0.29, 0.717) is 17.4 Å². The molecule has 1 aromatic heterocycles. The molecule has 2 aromatic carbocycles. The Labute approximate surface area is 208 Å². The van der Waals surface area contributed by atoms with Gasteiger partial charge in [0.25, 0.3) is 5.22 Å². The van der Waals surface area contributed by atoms with Crippen molar-refractivity contribution in [2.24, 2.45) is 0 Å². The Bertz CT molecular complexity index is 1000. The quantitative estimate of drug-likeness (QED) is 0.116. The van der Waals surface area contributed by atoms with Crippen molar-refractivity contribution in [1.82, 2.24) is 4.98 Å². The van der Waals surface area contributed by atoms with Gasteiger partial charge in [0.2, 0.25) is 0 Å². The number of nitrogens with zero attached hydrogens (tertiary/aromatic N) is 1. The highest BCUT2D eigenvalue weighted by Gasteiger charge is 2.23. The van der Waals surface area contributed by atoms with Crippen LogP contribution in [0.2, 0.25) is 0 Å². The predicted molar refractivity (Wildman–Crippen MR) is 141 cm³/mol. The fourth-order valence-electron chi connectivity index (χ4n) is 4.27. The Morgan fingerprint density at radius 3 is 2.21 bits per heavy atom. The van der Waals surface area contributed by atoms with Gasteiger partial charge in [-0.1, -0.05) is 119 Å². The second-order valence-electron chi connectivity index (χ2n) is 8.99. The molecule has 3 aromatic rings. The Kier molecular flexibility index (Phi) is 11.5. The van der Waals surface area contributed by atoms with E-state index in [2.05, 4.69) is 36.2 Å². The number of unbranched alkanes of at least 4 members (excludes halogenated alkanes) is 10. The van der Waals surface area contributed by atoms with Crippen molar-refractivity contribution in [2.45, 2.75) is 95.3 Å². The third-order valence-electron chi connectivity index (χ3n) is 6.25. The molecule has 184 valence electrons. The average Bonchev–Trinajstić information content (AvgIpc) is 3.34. The predicted octanol–water partition coefficient (Wildman–Crippen LogP) is 8.88. The Morgan fingerprint density at radius 1 is 0.912 bits per heavy atom.